The fourth-order valence-electron chi connectivity index (χ4n) is 5.19. The normalized spacial score (nSPS) is 16.1. The Kier molecular flexibility index (Phi) is 7.93. The van der Waals surface area contributed by atoms with Crippen molar-refractivity contribution in [3.05, 3.63) is 89.4 Å². The van der Waals surface area contributed by atoms with Crippen molar-refractivity contribution in [1.82, 2.24) is 14.7 Å². The van der Waals surface area contributed by atoms with Crippen molar-refractivity contribution in [3.63, 3.8) is 0 Å². The Bertz CT molecular complexity index is 1080. The molecule has 4 rings (SSSR count). The van der Waals surface area contributed by atoms with Gasteiger partial charge in [0.1, 0.15) is 0 Å². The maximum atomic E-state index is 13.2. The van der Waals surface area contributed by atoms with E-state index in [1.807, 2.05) is 41.5 Å². The van der Waals surface area contributed by atoms with Crippen molar-refractivity contribution < 1.29 is 9.21 Å². The Balaban J connectivity index is 1.55. The standard InChI is InChI=1S/C29H38N4O2/c1-21(2)33(22(3)4)29(34)25-10-8-24(9-11-25)28(26-6-5-7-27(30)18-26)32-15-13-31(14-16-32)19-23-12-17-35-20-23/h5-12,17-18,20-22,28H,13-16,19,30H2,1-4H3. The van der Waals surface area contributed by atoms with Crippen LogP contribution in [0.15, 0.2) is 71.5 Å². The number of benzene rings is 2. The first-order valence-electron chi connectivity index (χ1n) is 12.6. The second-order valence-electron chi connectivity index (χ2n) is 10.0. The summed E-state index contributed by atoms with van der Waals surface area (Å²) in [7, 11) is 0. The van der Waals surface area contributed by atoms with E-state index in [-0.39, 0.29) is 24.0 Å². The van der Waals surface area contributed by atoms with Gasteiger partial charge in [0.15, 0.2) is 0 Å². The minimum absolute atomic E-state index is 0.0786. The SMILES string of the molecule is CC(C)N(C(=O)c1ccc(C(c2cccc(N)c2)N2CCN(Cc3ccoc3)CC2)cc1)C(C)C. The lowest BCUT2D eigenvalue weighted by Crippen LogP contribution is -2.47. The molecule has 1 saturated heterocycles. The fraction of sp³-hybridized carbons (Fsp3) is 0.414. The van der Waals surface area contributed by atoms with Crippen LogP contribution in [0.2, 0.25) is 0 Å². The second kappa shape index (κ2) is 11.1. The molecule has 6 heteroatoms. The van der Waals surface area contributed by atoms with Gasteiger partial charge < -0.3 is 15.1 Å². The van der Waals surface area contributed by atoms with Gasteiger partial charge >= 0.3 is 0 Å². The average Bonchev–Trinajstić information content (AvgIpc) is 3.33. The molecule has 3 aromatic rings. The summed E-state index contributed by atoms with van der Waals surface area (Å²) in [5.74, 6) is 0.0786. The average molecular weight is 475 g/mol. The third-order valence-electron chi connectivity index (χ3n) is 6.81. The molecule has 186 valence electrons. The largest absolute Gasteiger partial charge is 0.472 e. The maximum absolute atomic E-state index is 13.2. The van der Waals surface area contributed by atoms with E-state index in [0.29, 0.717) is 0 Å². The van der Waals surface area contributed by atoms with Gasteiger partial charge in [0, 0.05) is 61.6 Å². The molecule has 0 saturated carbocycles. The molecule has 1 aliphatic heterocycles. The number of piperazine rings is 1. The summed E-state index contributed by atoms with van der Waals surface area (Å²) in [5.41, 5.74) is 11.2. The molecule has 35 heavy (non-hydrogen) atoms. The van der Waals surface area contributed by atoms with Gasteiger partial charge in [-0.2, -0.15) is 0 Å². The first kappa shape index (κ1) is 25.0. The highest BCUT2D eigenvalue weighted by atomic mass is 16.3. The molecule has 1 aromatic heterocycles. The number of nitrogens with zero attached hydrogens (tertiary/aromatic N) is 3. The minimum Gasteiger partial charge on any atom is -0.472 e. The van der Waals surface area contributed by atoms with Crippen LogP contribution in [0, 0.1) is 0 Å². The molecule has 1 amide bonds. The van der Waals surface area contributed by atoms with E-state index in [2.05, 4.69) is 61.8 Å². The van der Waals surface area contributed by atoms with Crippen LogP contribution >= 0.6 is 0 Å². The molecule has 2 aromatic carbocycles. The van der Waals surface area contributed by atoms with E-state index in [9.17, 15) is 4.79 Å². The minimum atomic E-state index is 0.0786. The van der Waals surface area contributed by atoms with Gasteiger partial charge in [0.05, 0.1) is 18.6 Å². The summed E-state index contributed by atoms with van der Waals surface area (Å²) in [4.78, 5) is 20.1. The van der Waals surface area contributed by atoms with Gasteiger partial charge in [-0.25, -0.2) is 0 Å². The quantitative estimate of drug-likeness (QED) is 0.464. The Morgan fingerprint density at radius 2 is 1.63 bits per heavy atom. The van der Waals surface area contributed by atoms with Crippen molar-refractivity contribution in [1.29, 1.82) is 0 Å². The Morgan fingerprint density at radius 1 is 0.943 bits per heavy atom. The number of nitrogens with two attached hydrogens (primary N) is 1. The van der Waals surface area contributed by atoms with E-state index in [1.54, 1.807) is 6.26 Å². The van der Waals surface area contributed by atoms with Gasteiger partial charge in [0.25, 0.3) is 5.91 Å². The summed E-state index contributed by atoms with van der Waals surface area (Å²) in [6.45, 7) is 13.0. The molecule has 6 nitrogen and oxygen atoms in total. The molecule has 1 fully saturated rings. The van der Waals surface area contributed by atoms with E-state index in [4.69, 9.17) is 10.2 Å². The van der Waals surface area contributed by atoms with E-state index in [1.165, 1.54) is 16.7 Å². The number of rotatable bonds is 8. The number of anilines is 1. The molecule has 1 aliphatic rings. The Morgan fingerprint density at radius 3 is 2.20 bits per heavy atom. The second-order valence-corrected chi connectivity index (χ2v) is 10.0. The summed E-state index contributed by atoms with van der Waals surface area (Å²) in [6.07, 6.45) is 3.56. The zero-order valence-corrected chi connectivity index (χ0v) is 21.4. The topological polar surface area (TPSA) is 66.0 Å². The molecule has 2 heterocycles. The van der Waals surface area contributed by atoms with Crippen LogP contribution in [0.25, 0.3) is 0 Å². The highest BCUT2D eigenvalue weighted by molar-refractivity contribution is 5.94. The lowest BCUT2D eigenvalue weighted by molar-refractivity contribution is 0.0643. The van der Waals surface area contributed by atoms with Crippen LogP contribution in [0.4, 0.5) is 5.69 Å². The lowest BCUT2D eigenvalue weighted by Gasteiger charge is -2.40. The number of hydrogen-bond donors (Lipinski definition) is 1. The zero-order valence-electron chi connectivity index (χ0n) is 21.4. The zero-order chi connectivity index (χ0) is 24.9. The van der Waals surface area contributed by atoms with Crippen molar-refractivity contribution in [2.24, 2.45) is 0 Å². The predicted molar refractivity (Wildman–Crippen MR) is 141 cm³/mol. The third kappa shape index (κ3) is 5.95. The number of amides is 1. The summed E-state index contributed by atoms with van der Waals surface area (Å²) >= 11 is 0. The number of nitrogen functional groups attached to an aromatic ring is 1. The summed E-state index contributed by atoms with van der Waals surface area (Å²) in [5, 5.41) is 0. The third-order valence-corrected chi connectivity index (χ3v) is 6.81. The van der Waals surface area contributed by atoms with E-state index >= 15 is 0 Å². The Hall–Kier alpha value is -3.09. The number of carbonyl (C=O) groups excluding carboxylic acids is 1. The molecule has 0 aliphatic carbocycles. The van der Waals surface area contributed by atoms with Crippen molar-refractivity contribution >= 4 is 11.6 Å². The van der Waals surface area contributed by atoms with Crippen molar-refractivity contribution in [2.75, 3.05) is 31.9 Å². The first-order chi connectivity index (χ1) is 16.8. The summed E-state index contributed by atoms with van der Waals surface area (Å²) in [6, 6.07) is 18.8. The van der Waals surface area contributed by atoms with Crippen LogP contribution in [0.3, 0.4) is 0 Å². The molecule has 0 bridgehead atoms. The van der Waals surface area contributed by atoms with Crippen LogP contribution in [-0.4, -0.2) is 58.9 Å². The maximum Gasteiger partial charge on any atom is 0.254 e. The predicted octanol–water partition coefficient (Wildman–Crippen LogP) is 5.03. The molecule has 0 spiro atoms. The smallest absolute Gasteiger partial charge is 0.254 e. The van der Waals surface area contributed by atoms with Gasteiger partial charge in [-0.3, -0.25) is 14.6 Å². The van der Waals surface area contributed by atoms with Crippen LogP contribution < -0.4 is 5.73 Å². The Labute approximate surface area is 209 Å². The summed E-state index contributed by atoms with van der Waals surface area (Å²) < 4.78 is 5.23. The lowest BCUT2D eigenvalue weighted by atomic mass is 9.94. The number of carbonyl (C=O) groups is 1. The number of hydrogen-bond acceptors (Lipinski definition) is 5. The highest BCUT2D eigenvalue weighted by Gasteiger charge is 2.28. The van der Waals surface area contributed by atoms with Crippen molar-refractivity contribution in [2.45, 2.75) is 52.4 Å². The van der Waals surface area contributed by atoms with Crippen LogP contribution in [0.5, 0.6) is 0 Å². The van der Waals surface area contributed by atoms with Crippen LogP contribution in [0.1, 0.15) is 60.8 Å². The van der Waals surface area contributed by atoms with Crippen molar-refractivity contribution in [3.8, 4) is 0 Å². The van der Waals surface area contributed by atoms with Gasteiger partial charge in [-0.05, 0) is 69.2 Å². The van der Waals surface area contributed by atoms with Gasteiger partial charge in [0.2, 0.25) is 0 Å². The van der Waals surface area contributed by atoms with Gasteiger partial charge in [-0.15, -0.1) is 0 Å². The molecule has 1 atom stereocenters. The molecule has 2 N–H and O–H groups in total. The molecule has 1 unspecified atom stereocenters. The molecule has 0 radical (unpaired) electrons. The fourth-order valence-corrected chi connectivity index (χ4v) is 5.19. The van der Waals surface area contributed by atoms with Crippen LogP contribution in [-0.2, 0) is 6.54 Å². The van der Waals surface area contributed by atoms with Gasteiger partial charge in [-0.1, -0.05) is 24.3 Å². The highest BCUT2D eigenvalue weighted by Crippen LogP contribution is 2.31. The molecular formula is C29H38N4O2. The van der Waals surface area contributed by atoms with E-state index in [0.717, 1.165) is 44.0 Å². The number of furan rings is 1. The molecular weight excluding hydrogens is 436 g/mol. The van der Waals surface area contributed by atoms with E-state index < -0.39 is 0 Å². The first-order valence-corrected chi connectivity index (χ1v) is 12.6. The monoisotopic (exact) mass is 474 g/mol.